The van der Waals surface area contributed by atoms with Crippen LogP contribution >= 0.6 is 0 Å². The Labute approximate surface area is 162 Å². The van der Waals surface area contributed by atoms with E-state index in [9.17, 15) is 14.4 Å². The third kappa shape index (κ3) is 7.41. The summed E-state index contributed by atoms with van der Waals surface area (Å²) in [7, 11) is 0. The molecular weight excluding hydrogens is 344 g/mol. The van der Waals surface area contributed by atoms with Crippen LogP contribution in [0.2, 0.25) is 0 Å². The minimum absolute atomic E-state index is 0.00197. The minimum Gasteiger partial charge on any atom is -0.444 e. The molecule has 6 heteroatoms. The molecule has 0 spiro atoms. The fraction of sp³-hybridized carbons (Fsp3) is 0.571. The number of amides is 2. The maximum Gasteiger partial charge on any atom is 0.408 e. The molecule has 150 valence electrons. The SMILES string of the molecule is CC(C)N(C(=O)C(Cc1ccc(C=O)cc1)NC(=O)OC(C)(C)C)C(C)C. The maximum atomic E-state index is 13.2. The Balaban J connectivity index is 3.07. The number of alkyl carbamates (subject to hydrolysis) is 1. The zero-order valence-corrected chi connectivity index (χ0v) is 17.4. The van der Waals surface area contributed by atoms with Crippen LogP contribution in [0.4, 0.5) is 4.79 Å². The molecule has 0 saturated carbocycles. The Kier molecular flexibility index (Phi) is 8.00. The van der Waals surface area contributed by atoms with E-state index in [0.717, 1.165) is 11.8 Å². The molecule has 0 saturated heterocycles. The number of aldehydes is 1. The third-order valence-corrected chi connectivity index (χ3v) is 3.91. The molecule has 1 rings (SSSR count). The lowest BCUT2D eigenvalue weighted by molar-refractivity contribution is -0.137. The number of benzene rings is 1. The molecule has 1 aromatic carbocycles. The van der Waals surface area contributed by atoms with Crippen LogP contribution in [0.5, 0.6) is 0 Å². The Morgan fingerprint density at radius 2 is 1.59 bits per heavy atom. The van der Waals surface area contributed by atoms with E-state index in [1.807, 2.05) is 27.7 Å². The first-order chi connectivity index (χ1) is 12.4. The van der Waals surface area contributed by atoms with Gasteiger partial charge in [0.15, 0.2) is 0 Å². The Morgan fingerprint density at radius 1 is 1.07 bits per heavy atom. The number of ether oxygens (including phenoxy) is 1. The first-order valence-corrected chi connectivity index (χ1v) is 9.30. The summed E-state index contributed by atoms with van der Waals surface area (Å²) in [6.07, 6.45) is 0.454. The molecule has 1 unspecified atom stereocenters. The Hall–Kier alpha value is -2.37. The highest BCUT2D eigenvalue weighted by Crippen LogP contribution is 2.14. The van der Waals surface area contributed by atoms with Crippen molar-refractivity contribution in [2.45, 2.75) is 78.6 Å². The first kappa shape index (κ1) is 22.7. The quantitative estimate of drug-likeness (QED) is 0.738. The van der Waals surface area contributed by atoms with Gasteiger partial charge < -0.3 is 15.0 Å². The van der Waals surface area contributed by atoms with Crippen LogP contribution in [0.25, 0.3) is 0 Å². The molecule has 0 heterocycles. The van der Waals surface area contributed by atoms with Gasteiger partial charge in [-0.15, -0.1) is 0 Å². The number of rotatable bonds is 7. The van der Waals surface area contributed by atoms with Gasteiger partial charge in [-0.2, -0.15) is 0 Å². The van der Waals surface area contributed by atoms with Gasteiger partial charge in [0.2, 0.25) is 5.91 Å². The highest BCUT2D eigenvalue weighted by atomic mass is 16.6. The lowest BCUT2D eigenvalue weighted by Crippen LogP contribution is -2.54. The lowest BCUT2D eigenvalue weighted by Gasteiger charge is -2.34. The zero-order valence-electron chi connectivity index (χ0n) is 17.4. The number of carbonyl (C=O) groups excluding carboxylic acids is 3. The Morgan fingerprint density at radius 3 is 2.00 bits per heavy atom. The van der Waals surface area contributed by atoms with Crippen molar-refractivity contribution in [2.24, 2.45) is 0 Å². The van der Waals surface area contributed by atoms with Gasteiger partial charge >= 0.3 is 6.09 Å². The van der Waals surface area contributed by atoms with Crippen LogP contribution in [-0.2, 0) is 16.0 Å². The highest BCUT2D eigenvalue weighted by Gasteiger charge is 2.30. The molecule has 0 radical (unpaired) electrons. The summed E-state index contributed by atoms with van der Waals surface area (Å²) in [6.45, 7) is 13.1. The average Bonchev–Trinajstić information content (AvgIpc) is 2.52. The lowest BCUT2D eigenvalue weighted by atomic mass is 10.0. The summed E-state index contributed by atoms with van der Waals surface area (Å²) in [6, 6.07) is 6.20. The van der Waals surface area contributed by atoms with Crippen LogP contribution in [0.3, 0.4) is 0 Å². The maximum absolute atomic E-state index is 13.2. The molecule has 0 aliphatic carbocycles. The number of carbonyl (C=O) groups is 3. The van der Waals surface area contributed by atoms with Crippen molar-refractivity contribution in [2.75, 3.05) is 0 Å². The molecule has 0 aliphatic rings. The number of nitrogens with zero attached hydrogens (tertiary/aromatic N) is 1. The summed E-state index contributed by atoms with van der Waals surface area (Å²) in [5, 5.41) is 2.72. The fourth-order valence-corrected chi connectivity index (χ4v) is 2.90. The van der Waals surface area contributed by atoms with E-state index in [1.165, 1.54) is 0 Å². The van der Waals surface area contributed by atoms with E-state index in [1.54, 1.807) is 49.9 Å². The molecular formula is C21H32N2O4. The van der Waals surface area contributed by atoms with E-state index in [2.05, 4.69) is 5.32 Å². The van der Waals surface area contributed by atoms with Gasteiger partial charge in [0.1, 0.15) is 17.9 Å². The molecule has 0 fully saturated rings. The van der Waals surface area contributed by atoms with Crippen molar-refractivity contribution in [1.82, 2.24) is 10.2 Å². The molecule has 2 amide bonds. The van der Waals surface area contributed by atoms with Crippen molar-refractivity contribution in [3.05, 3.63) is 35.4 Å². The second kappa shape index (κ2) is 9.53. The van der Waals surface area contributed by atoms with E-state index in [0.29, 0.717) is 12.0 Å². The van der Waals surface area contributed by atoms with Gasteiger partial charge in [0, 0.05) is 24.1 Å². The van der Waals surface area contributed by atoms with Crippen LogP contribution in [0.1, 0.15) is 64.4 Å². The summed E-state index contributed by atoms with van der Waals surface area (Å²) in [5.41, 5.74) is 0.759. The monoisotopic (exact) mass is 376 g/mol. The second-order valence-electron chi connectivity index (χ2n) is 8.20. The summed E-state index contributed by atoms with van der Waals surface area (Å²) >= 11 is 0. The normalized spacial score (nSPS) is 12.6. The van der Waals surface area contributed by atoms with Gasteiger partial charge in [-0.05, 0) is 54.0 Å². The minimum atomic E-state index is -0.758. The van der Waals surface area contributed by atoms with E-state index < -0.39 is 17.7 Å². The highest BCUT2D eigenvalue weighted by molar-refractivity contribution is 5.86. The van der Waals surface area contributed by atoms with Gasteiger partial charge in [-0.1, -0.05) is 24.3 Å². The van der Waals surface area contributed by atoms with E-state index in [4.69, 9.17) is 4.74 Å². The van der Waals surface area contributed by atoms with Gasteiger partial charge in [0.05, 0.1) is 0 Å². The van der Waals surface area contributed by atoms with Crippen LogP contribution in [0.15, 0.2) is 24.3 Å². The molecule has 6 nitrogen and oxygen atoms in total. The second-order valence-corrected chi connectivity index (χ2v) is 8.20. The van der Waals surface area contributed by atoms with E-state index in [-0.39, 0.29) is 18.0 Å². The molecule has 1 N–H and O–H groups in total. The number of hydrogen-bond donors (Lipinski definition) is 1. The fourth-order valence-electron chi connectivity index (χ4n) is 2.90. The van der Waals surface area contributed by atoms with Crippen molar-refractivity contribution >= 4 is 18.3 Å². The van der Waals surface area contributed by atoms with Crippen molar-refractivity contribution in [1.29, 1.82) is 0 Å². The predicted molar refractivity (Wildman–Crippen MR) is 106 cm³/mol. The number of nitrogens with one attached hydrogen (secondary N) is 1. The molecule has 1 atom stereocenters. The molecule has 0 aromatic heterocycles. The third-order valence-electron chi connectivity index (χ3n) is 3.91. The largest absolute Gasteiger partial charge is 0.444 e. The zero-order chi connectivity index (χ0) is 20.8. The Bertz CT molecular complexity index is 637. The summed E-state index contributed by atoms with van der Waals surface area (Å²) < 4.78 is 5.33. The van der Waals surface area contributed by atoms with Gasteiger partial charge in [-0.25, -0.2) is 4.79 Å². The molecule has 0 aliphatic heterocycles. The molecule has 1 aromatic rings. The standard InChI is InChI=1S/C21H32N2O4/c1-14(2)23(15(3)4)19(25)18(22-20(26)27-21(5,6)7)12-16-8-10-17(13-24)11-9-16/h8-11,13-15,18H,12H2,1-7H3,(H,22,26). The number of hydrogen-bond acceptors (Lipinski definition) is 4. The summed E-state index contributed by atoms with van der Waals surface area (Å²) in [5.74, 6) is -0.162. The molecule has 27 heavy (non-hydrogen) atoms. The van der Waals surface area contributed by atoms with Gasteiger partial charge in [0.25, 0.3) is 0 Å². The van der Waals surface area contributed by atoms with Crippen molar-refractivity contribution in [3.8, 4) is 0 Å². The average molecular weight is 376 g/mol. The van der Waals surface area contributed by atoms with Gasteiger partial charge in [-0.3, -0.25) is 9.59 Å². The summed E-state index contributed by atoms with van der Waals surface area (Å²) in [4.78, 5) is 38.0. The van der Waals surface area contributed by atoms with Crippen molar-refractivity contribution < 1.29 is 19.1 Å². The van der Waals surface area contributed by atoms with Crippen LogP contribution in [-0.4, -0.2) is 46.9 Å². The van der Waals surface area contributed by atoms with Crippen LogP contribution < -0.4 is 5.32 Å². The smallest absolute Gasteiger partial charge is 0.408 e. The predicted octanol–water partition coefficient (Wildman–Crippen LogP) is 3.58. The molecule has 0 bridgehead atoms. The van der Waals surface area contributed by atoms with Crippen LogP contribution in [0, 0.1) is 0 Å². The first-order valence-electron chi connectivity index (χ1n) is 9.30. The van der Waals surface area contributed by atoms with Crippen molar-refractivity contribution in [3.63, 3.8) is 0 Å². The van der Waals surface area contributed by atoms with E-state index >= 15 is 0 Å². The topological polar surface area (TPSA) is 75.7 Å².